The van der Waals surface area contributed by atoms with Gasteiger partial charge in [0.05, 0.1) is 18.9 Å². The van der Waals surface area contributed by atoms with E-state index in [1.807, 2.05) is 0 Å². The van der Waals surface area contributed by atoms with Gasteiger partial charge in [-0.25, -0.2) is 4.79 Å². The predicted molar refractivity (Wildman–Crippen MR) is 127 cm³/mol. The Kier molecular flexibility index (Phi) is 14.3. The molecule has 18 nitrogen and oxygen atoms in total. The Labute approximate surface area is 211 Å². The van der Waals surface area contributed by atoms with Gasteiger partial charge in [0.1, 0.15) is 18.1 Å². The lowest BCUT2D eigenvalue weighted by Crippen LogP contribution is -2.58. The van der Waals surface area contributed by atoms with Crippen LogP contribution in [0.1, 0.15) is 38.5 Å². The molecule has 0 fully saturated rings. The normalized spacial score (nSPS) is 13.6. The van der Waals surface area contributed by atoms with E-state index in [1.165, 1.54) is 0 Å². The number of rotatable bonds is 18. The number of hydrogen-bond acceptors (Lipinski definition) is 9. The Balaban J connectivity index is 5.69. The summed E-state index contributed by atoms with van der Waals surface area (Å²) in [5, 5.41) is 16.0. The molecule has 0 saturated carbocycles. The Bertz CT molecular complexity index is 905. The Morgan fingerprint density at radius 2 is 1.19 bits per heavy atom. The van der Waals surface area contributed by atoms with E-state index in [4.69, 9.17) is 34.4 Å². The monoisotopic (exact) mass is 530 g/mol. The van der Waals surface area contributed by atoms with Crippen LogP contribution in [0.25, 0.3) is 0 Å². The van der Waals surface area contributed by atoms with E-state index in [2.05, 4.69) is 20.9 Å². The number of carbonyl (C=O) groups is 7. The third kappa shape index (κ3) is 14.5. The van der Waals surface area contributed by atoms with Crippen molar-refractivity contribution in [1.29, 1.82) is 0 Å². The molecule has 0 aromatic carbocycles. The van der Waals surface area contributed by atoms with Crippen LogP contribution in [0.5, 0.6) is 0 Å². The number of aliphatic carboxylic acids is 1. The molecule has 0 aliphatic carbocycles. The van der Waals surface area contributed by atoms with Gasteiger partial charge in [0.15, 0.2) is 5.96 Å². The van der Waals surface area contributed by atoms with Crippen molar-refractivity contribution < 1.29 is 38.7 Å². The highest BCUT2D eigenvalue weighted by molar-refractivity contribution is 5.97. The van der Waals surface area contributed by atoms with Crippen LogP contribution in [0.4, 0.5) is 0 Å². The van der Waals surface area contributed by atoms with Gasteiger partial charge < -0.3 is 55.5 Å². The number of nitrogens with zero attached hydrogens (tertiary/aromatic N) is 1. The molecule has 0 heterocycles. The van der Waals surface area contributed by atoms with Crippen LogP contribution in [0.15, 0.2) is 4.99 Å². The molecule has 4 atom stereocenters. The summed E-state index contributed by atoms with van der Waals surface area (Å²) >= 11 is 0. The van der Waals surface area contributed by atoms with E-state index in [0.717, 1.165) is 0 Å². The minimum absolute atomic E-state index is 0.0510. The van der Waals surface area contributed by atoms with Gasteiger partial charge >= 0.3 is 5.97 Å². The molecule has 6 amide bonds. The van der Waals surface area contributed by atoms with E-state index in [9.17, 15) is 38.7 Å². The lowest BCUT2D eigenvalue weighted by molar-refractivity contribution is -0.142. The summed E-state index contributed by atoms with van der Waals surface area (Å²) < 4.78 is 0. The van der Waals surface area contributed by atoms with E-state index in [0.29, 0.717) is 0 Å². The molecule has 0 aliphatic heterocycles. The van der Waals surface area contributed by atoms with Gasteiger partial charge in [-0.05, 0) is 19.3 Å². The largest absolute Gasteiger partial charge is 0.480 e. The lowest BCUT2D eigenvalue weighted by Gasteiger charge is -2.24. The number of nitrogens with one attached hydrogen (secondary N) is 3. The molecule has 0 aromatic rings. The summed E-state index contributed by atoms with van der Waals surface area (Å²) in [5.41, 5.74) is 31.2. The van der Waals surface area contributed by atoms with Crippen LogP contribution in [0.2, 0.25) is 0 Å². The average molecular weight is 531 g/mol. The van der Waals surface area contributed by atoms with Crippen molar-refractivity contribution in [3.63, 3.8) is 0 Å². The number of aliphatic imine (C=N–C) groups is 1. The zero-order chi connectivity index (χ0) is 28.7. The summed E-state index contributed by atoms with van der Waals surface area (Å²) in [6.07, 6.45) is -1.85. The van der Waals surface area contributed by atoms with Crippen LogP contribution in [0, 0.1) is 0 Å². The van der Waals surface area contributed by atoms with Gasteiger partial charge in [0.2, 0.25) is 35.4 Å². The number of amides is 6. The maximum absolute atomic E-state index is 12.9. The van der Waals surface area contributed by atoms with Gasteiger partial charge in [0.25, 0.3) is 0 Å². The number of nitrogens with two attached hydrogens (primary N) is 6. The van der Waals surface area contributed by atoms with E-state index >= 15 is 0 Å². The van der Waals surface area contributed by atoms with Crippen molar-refractivity contribution in [1.82, 2.24) is 16.0 Å². The van der Waals surface area contributed by atoms with Crippen molar-refractivity contribution in [2.45, 2.75) is 62.7 Å². The fourth-order valence-electron chi connectivity index (χ4n) is 2.86. The van der Waals surface area contributed by atoms with Crippen molar-refractivity contribution in [3.05, 3.63) is 0 Å². The summed E-state index contributed by atoms with van der Waals surface area (Å²) in [6, 6.07) is -5.92. The SMILES string of the molecule is NC(=O)CCC(NC(=O)C(CCCN=C(N)N)NC(=O)C(CC(N)=O)NC(=O)C(N)CC(N)=O)C(=O)O. The van der Waals surface area contributed by atoms with Gasteiger partial charge in [0, 0.05) is 13.0 Å². The van der Waals surface area contributed by atoms with E-state index in [-0.39, 0.29) is 38.2 Å². The van der Waals surface area contributed by atoms with Crippen LogP contribution in [-0.4, -0.2) is 83.2 Å². The maximum Gasteiger partial charge on any atom is 0.326 e. The number of carboxylic acids is 1. The minimum Gasteiger partial charge on any atom is -0.480 e. The molecule has 208 valence electrons. The summed E-state index contributed by atoms with van der Waals surface area (Å²) in [7, 11) is 0. The third-order valence-corrected chi connectivity index (χ3v) is 4.67. The molecular weight excluding hydrogens is 496 g/mol. The Hall–Kier alpha value is -4.48. The molecule has 0 saturated heterocycles. The zero-order valence-electron chi connectivity index (χ0n) is 20.0. The van der Waals surface area contributed by atoms with Crippen LogP contribution in [-0.2, 0) is 33.6 Å². The van der Waals surface area contributed by atoms with E-state index < -0.39 is 78.4 Å². The predicted octanol–water partition coefficient (Wildman–Crippen LogP) is -6.08. The first-order valence-corrected chi connectivity index (χ1v) is 10.9. The molecule has 0 bridgehead atoms. The van der Waals surface area contributed by atoms with Crippen molar-refractivity contribution >= 4 is 47.4 Å². The first-order chi connectivity index (χ1) is 17.1. The van der Waals surface area contributed by atoms with Gasteiger partial charge in [-0.3, -0.25) is 33.8 Å². The first kappa shape index (κ1) is 32.5. The fraction of sp³-hybridized carbons (Fsp3) is 0.579. The molecular formula is C19H34N10O8. The zero-order valence-corrected chi connectivity index (χ0v) is 20.0. The summed E-state index contributed by atoms with van der Waals surface area (Å²) in [5.74, 6) is -7.33. The number of guanidine groups is 1. The topological polar surface area (TPSA) is 344 Å². The number of hydrogen-bond donors (Lipinski definition) is 10. The van der Waals surface area contributed by atoms with Crippen molar-refractivity contribution in [3.8, 4) is 0 Å². The number of carbonyl (C=O) groups excluding carboxylic acids is 6. The Morgan fingerprint density at radius 1 is 0.676 bits per heavy atom. The molecule has 0 aliphatic rings. The summed E-state index contributed by atoms with van der Waals surface area (Å²) in [4.78, 5) is 86.6. The third-order valence-electron chi connectivity index (χ3n) is 4.67. The van der Waals surface area contributed by atoms with Gasteiger partial charge in [-0.1, -0.05) is 0 Å². The maximum atomic E-state index is 12.9. The second kappa shape index (κ2) is 16.2. The van der Waals surface area contributed by atoms with Crippen molar-refractivity contribution in [2.24, 2.45) is 39.4 Å². The fourth-order valence-corrected chi connectivity index (χ4v) is 2.86. The molecule has 18 heteroatoms. The van der Waals surface area contributed by atoms with Crippen LogP contribution in [0.3, 0.4) is 0 Å². The molecule has 37 heavy (non-hydrogen) atoms. The minimum atomic E-state index is -1.60. The molecule has 0 rings (SSSR count). The van der Waals surface area contributed by atoms with Crippen molar-refractivity contribution in [2.75, 3.05) is 6.54 Å². The molecule has 4 unspecified atom stereocenters. The highest BCUT2D eigenvalue weighted by Crippen LogP contribution is 2.05. The van der Waals surface area contributed by atoms with Crippen LogP contribution < -0.4 is 50.4 Å². The molecule has 0 aromatic heterocycles. The molecule has 0 radical (unpaired) electrons. The number of primary amides is 3. The standard InChI is InChI=1S/C19H34N10O8/c20-8(6-13(22)31)15(33)29-11(7-14(23)32)17(35)27-9(2-1-5-26-19(24)25)16(34)28-10(18(36)37)3-4-12(21)30/h8-11H,1-7,20H2,(H2,21,30)(H2,22,31)(H2,23,32)(H,27,35)(H,28,34)(H,29,33)(H,36,37)(H4,24,25,26). The van der Waals surface area contributed by atoms with Gasteiger partial charge in [-0.2, -0.15) is 0 Å². The second-order valence-electron chi connectivity index (χ2n) is 7.92. The Morgan fingerprint density at radius 3 is 1.68 bits per heavy atom. The average Bonchev–Trinajstić information content (AvgIpc) is 2.76. The second-order valence-corrected chi connectivity index (χ2v) is 7.92. The van der Waals surface area contributed by atoms with E-state index in [1.54, 1.807) is 0 Å². The van der Waals surface area contributed by atoms with Gasteiger partial charge in [-0.15, -0.1) is 0 Å². The van der Waals surface area contributed by atoms with Crippen LogP contribution >= 0.6 is 0 Å². The highest BCUT2D eigenvalue weighted by atomic mass is 16.4. The number of carboxylic acid groups (broad SMARTS) is 1. The smallest absolute Gasteiger partial charge is 0.326 e. The highest BCUT2D eigenvalue weighted by Gasteiger charge is 2.31. The molecule has 16 N–H and O–H groups in total. The lowest BCUT2D eigenvalue weighted by atomic mass is 10.1. The first-order valence-electron chi connectivity index (χ1n) is 10.9. The summed E-state index contributed by atoms with van der Waals surface area (Å²) in [6.45, 7) is 0.0510. The quantitative estimate of drug-likeness (QED) is 0.0451. The molecule has 0 spiro atoms.